The van der Waals surface area contributed by atoms with Crippen molar-refractivity contribution in [2.75, 3.05) is 19.6 Å². The van der Waals surface area contributed by atoms with E-state index in [-0.39, 0.29) is 6.04 Å². The van der Waals surface area contributed by atoms with Gasteiger partial charge < -0.3 is 4.90 Å². The van der Waals surface area contributed by atoms with E-state index in [1.807, 2.05) is 13.0 Å². The molecule has 0 bridgehead atoms. The third-order valence-corrected chi connectivity index (χ3v) is 5.55. The van der Waals surface area contributed by atoms with Crippen LogP contribution in [-0.4, -0.2) is 39.0 Å². The average Bonchev–Trinajstić information content (AvgIpc) is 2.43. The molecule has 1 aromatic carbocycles. The topological polar surface area (TPSA) is 49.4 Å². The Morgan fingerprint density at radius 3 is 2.52 bits per heavy atom. The van der Waals surface area contributed by atoms with Gasteiger partial charge in [0, 0.05) is 10.5 Å². The molecule has 1 rings (SSSR count). The van der Waals surface area contributed by atoms with Gasteiger partial charge in [-0.2, -0.15) is 0 Å². The standard InChI is InChI=1S/C15H25BrN2O2S/c1-4-18(5-2)11-7-8-13(3)17-21(19,20)15-10-6-9-14(16)12-15/h6,9-10,12-13,17H,4-5,7-8,11H2,1-3H3. The highest BCUT2D eigenvalue weighted by Crippen LogP contribution is 2.16. The maximum absolute atomic E-state index is 12.3. The first kappa shape index (κ1) is 18.6. The zero-order chi connectivity index (χ0) is 15.9. The molecule has 1 N–H and O–H groups in total. The largest absolute Gasteiger partial charge is 0.304 e. The lowest BCUT2D eigenvalue weighted by Gasteiger charge is -2.19. The van der Waals surface area contributed by atoms with Crippen molar-refractivity contribution in [3.8, 4) is 0 Å². The average molecular weight is 377 g/mol. The summed E-state index contributed by atoms with van der Waals surface area (Å²) in [5.41, 5.74) is 0. The third kappa shape index (κ3) is 6.46. The SMILES string of the molecule is CCN(CC)CCCC(C)NS(=O)(=O)c1cccc(Br)c1. The molecule has 0 heterocycles. The Hall–Kier alpha value is -0.430. The van der Waals surface area contributed by atoms with Crippen LogP contribution in [0.25, 0.3) is 0 Å². The maximum atomic E-state index is 12.3. The van der Waals surface area contributed by atoms with Crippen LogP contribution in [-0.2, 0) is 10.0 Å². The van der Waals surface area contributed by atoms with Crippen LogP contribution in [0.3, 0.4) is 0 Å². The highest BCUT2D eigenvalue weighted by atomic mass is 79.9. The minimum atomic E-state index is -3.44. The molecule has 0 spiro atoms. The Kier molecular flexibility index (Phi) is 7.87. The summed E-state index contributed by atoms with van der Waals surface area (Å²) in [6.07, 6.45) is 1.83. The number of hydrogen-bond donors (Lipinski definition) is 1. The van der Waals surface area contributed by atoms with Gasteiger partial charge in [-0.3, -0.25) is 0 Å². The van der Waals surface area contributed by atoms with Crippen molar-refractivity contribution < 1.29 is 8.42 Å². The Morgan fingerprint density at radius 2 is 1.95 bits per heavy atom. The lowest BCUT2D eigenvalue weighted by atomic mass is 10.2. The molecule has 0 aliphatic carbocycles. The molecule has 1 atom stereocenters. The molecule has 0 aliphatic heterocycles. The van der Waals surface area contributed by atoms with Gasteiger partial charge in [-0.1, -0.05) is 35.8 Å². The first-order chi connectivity index (χ1) is 9.89. The molecule has 1 aromatic rings. The quantitative estimate of drug-likeness (QED) is 0.719. The van der Waals surface area contributed by atoms with Gasteiger partial charge in [0.2, 0.25) is 10.0 Å². The van der Waals surface area contributed by atoms with Crippen LogP contribution < -0.4 is 4.72 Å². The molecule has 120 valence electrons. The normalized spacial score (nSPS) is 13.6. The molecule has 0 aliphatic rings. The fraction of sp³-hybridized carbons (Fsp3) is 0.600. The second-order valence-electron chi connectivity index (χ2n) is 5.15. The summed E-state index contributed by atoms with van der Waals surface area (Å²) < 4.78 is 28.0. The minimum absolute atomic E-state index is 0.0652. The highest BCUT2D eigenvalue weighted by Gasteiger charge is 2.17. The number of hydrogen-bond acceptors (Lipinski definition) is 3. The molecule has 0 saturated carbocycles. The van der Waals surface area contributed by atoms with E-state index in [1.165, 1.54) is 0 Å². The molecular formula is C15H25BrN2O2S. The van der Waals surface area contributed by atoms with Gasteiger partial charge in [0.1, 0.15) is 0 Å². The van der Waals surface area contributed by atoms with Gasteiger partial charge in [-0.25, -0.2) is 13.1 Å². The number of halogens is 1. The van der Waals surface area contributed by atoms with E-state index < -0.39 is 10.0 Å². The summed E-state index contributed by atoms with van der Waals surface area (Å²) in [4.78, 5) is 2.64. The predicted octanol–water partition coefficient (Wildman–Crippen LogP) is 3.24. The summed E-state index contributed by atoms with van der Waals surface area (Å²) in [7, 11) is -3.44. The van der Waals surface area contributed by atoms with Crippen molar-refractivity contribution >= 4 is 26.0 Å². The number of rotatable bonds is 9. The summed E-state index contributed by atoms with van der Waals surface area (Å²) in [6, 6.07) is 6.70. The minimum Gasteiger partial charge on any atom is -0.304 e. The molecule has 0 amide bonds. The molecular weight excluding hydrogens is 352 g/mol. The van der Waals surface area contributed by atoms with Crippen LogP contribution in [0.2, 0.25) is 0 Å². The van der Waals surface area contributed by atoms with Crippen LogP contribution in [0.4, 0.5) is 0 Å². The number of nitrogens with one attached hydrogen (secondary N) is 1. The lowest BCUT2D eigenvalue weighted by Crippen LogP contribution is -2.33. The number of benzene rings is 1. The van der Waals surface area contributed by atoms with Gasteiger partial charge in [-0.05, 0) is 57.6 Å². The van der Waals surface area contributed by atoms with E-state index in [2.05, 4.69) is 39.4 Å². The summed E-state index contributed by atoms with van der Waals surface area (Å²) >= 11 is 3.30. The first-order valence-corrected chi connectivity index (χ1v) is 9.67. The molecule has 1 unspecified atom stereocenters. The zero-order valence-electron chi connectivity index (χ0n) is 13.0. The van der Waals surface area contributed by atoms with E-state index in [4.69, 9.17) is 0 Å². The Morgan fingerprint density at radius 1 is 1.29 bits per heavy atom. The fourth-order valence-electron chi connectivity index (χ4n) is 2.19. The van der Waals surface area contributed by atoms with Gasteiger partial charge in [0.25, 0.3) is 0 Å². The highest BCUT2D eigenvalue weighted by molar-refractivity contribution is 9.10. The molecule has 4 nitrogen and oxygen atoms in total. The van der Waals surface area contributed by atoms with Gasteiger partial charge in [0.05, 0.1) is 4.90 Å². The first-order valence-electron chi connectivity index (χ1n) is 7.39. The lowest BCUT2D eigenvalue weighted by molar-refractivity contribution is 0.293. The Balaban J connectivity index is 2.52. The summed E-state index contributed by atoms with van der Waals surface area (Å²) in [6.45, 7) is 9.28. The van der Waals surface area contributed by atoms with E-state index in [0.29, 0.717) is 4.90 Å². The van der Waals surface area contributed by atoms with Crippen molar-refractivity contribution in [2.24, 2.45) is 0 Å². The third-order valence-electron chi connectivity index (χ3n) is 3.47. The van der Waals surface area contributed by atoms with Crippen molar-refractivity contribution in [3.63, 3.8) is 0 Å². The van der Waals surface area contributed by atoms with Gasteiger partial charge >= 0.3 is 0 Å². The van der Waals surface area contributed by atoms with Crippen molar-refractivity contribution in [1.82, 2.24) is 9.62 Å². The smallest absolute Gasteiger partial charge is 0.240 e. The molecule has 0 fully saturated rings. The van der Waals surface area contributed by atoms with E-state index in [0.717, 1.165) is 36.9 Å². The number of sulfonamides is 1. The zero-order valence-corrected chi connectivity index (χ0v) is 15.4. The Bertz CT molecular complexity index is 530. The molecule has 0 radical (unpaired) electrons. The van der Waals surface area contributed by atoms with Crippen LogP contribution in [0.15, 0.2) is 33.6 Å². The van der Waals surface area contributed by atoms with Crippen LogP contribution >= 0.6 is 15.9 Å². The second kappa shape index (κ2) is 8.88. The fourth-order valence-corrected chi connectivity index (χ4v) is 4.06. The van der Waals surface area contributed by atoms with Crippen LogP contribution in [0.1, 0.15) is 33.6 Å². The van der Waals surface area contributed by atoms with Crippen molar-refractivity contribution in [3.05, 3.63) is 28.7 Å². The monoisotopic (exact) mass is 376 g/mol. The van der Waals surface area contributed by atoms with E-state index in [1.54, 1.807) is 18.2 Å². The summed E-state index contributed by atoms with van der Waals surface area (Å²) in [5, 5.41) is 0. The predicted molar refractivity (Wildman–Crippen MR) is 90.9 cm³/mol. The van der Waals surface area contributed by atoms with Crippen molar-refractivity contribution in [1.29, 1.82) is 0 Å². The molecule has 6 heteroatoms. The molecule has 21 heavy (non-hydrogen) atoms. The van der Waals surface area contributed by atoms with Gasteiger partial charge in [0.15, 0.2) is 0 Å². The van der Waals surface area contributed by atoms with E-state index in [9.17, 15) is 8.42 Å². The maximum Gasteiger partial charge on any atom is 0.240 e. The van der Waals surface area contributed by atoms with Crippen LogP contribution in [0.5, 0.6) is 0 Å². The Labute approximate surface area is 137 Å². The van der Waals surface area contributed by atoms with Crippen molar-refractivity contribution in [2.45, 2.75) is 44.6 Å². The molecule has 0 aromatic heterocycles. The van der Waals surface area contributed by atoms with Gasteiger partial charge in [-0.15, -0.1) is 0 Å². The van der Waals surface area contributed by atoms with E-state index >= 15 is 0 Å². The summed E-state index contributed by atoms with van der Waals surface area (Å²) in [5.74, 6) is 0. The van der Waals surface area contributed by atoms with Crippen LogP contribution in [0, 0.1) is 0 Å². The molecule has 0 saturated heterocycles. The second-order valence-corrected chi connectivity index (χ2v) is 7.78. The number of nitrogens with zero attached hydrogens (tertiary/aromatic N) is 1.